The average molecular weight is 135 g/mol. The van der Waals surface area contributed by atoms with Gasteiger partial charge in [0, 0.05) is 5.56 Å². The van der Waals surface area contributed by atoms with E-state index in [-0.39, 0.29) is 0 Å². The Morgan fingerprint density at radius 3 is 2.90 bits per heavy atom. The highest BCUT2D eigenvalue weighted by Gasteiger charge is 1.96. The van der Waals surface area contributed by atoms with Gasteiger partial charge < -0.3 is 4.74 Å². The summed E-state index contributed by atoms with van der Waals surface area (Å²) in [7, 11) is 1.68. The van der Waals surface area contributed by atoms with Crippen LogP contribution in [0.5, 0.6) is 5.75 Å². The number of ether oxygens (including phenoxy) is 1. The van der Waals surface area contributed by atoms with Gasteiger partial charge in [0.05, 0.1) is 7.11 Å². The first kappa shape index (κ1) is 7.13. The van der Waals surface area contributed by atoms with Gasteiger partial charge in [-0.15, -0.1) is 0 Å². The van der Waals surface area contributed by atoms with E-state index in [1.165, 1.54) is 0 Å². The van der Waals surface area contributed by atoms with Crippen LogP contribution in [-0.2, 0) is 6.42 Å². The summed E-state index contributed by atoms with van der Waals surface area (Å²) in [6, 6.07) is 8.90. The van der Waals surface area contributed by atoms with Gasteiger partial charge in [0.2, 0.25) is 0 Å². The maximum Gasteiger partial charge on any atom is 0.122 e. The minimum Gasteiger partial charge on any atom is -0.496 e. The van der Waals surface area contributed by atoms with Crippen LogP contribution in [0, 0.1) is 6.07 Å². The van der Waals surface area contributed by atoms with Crippen LogP contribution in [0.4, 0.5) is 0 Å². The second kappa shape index (κ2) is 3.25. The van der Waals surface area contributed by atoms with Gasteiger partial charge in [0.15, 0.2) is 0 Å². The number of hydrogen-bond acceptors (Lipinski definition) is 1. The van der Waals surface area contributed by atoms with Crippen LogP contribution in [0.3, 0.4) is 0 Å². The van der Waals surface area contributed by atoms with Gasteiger partial charge >= 0.3 is 0 Å². The predicted octanol–water partition coefficient (Wildman–Crippen LogP) is 2.06. The van der Waals surface area contributed by atoms with Crippen molar-refractivity contribution in [2.45, 2.75) is 13.3 Å². The maximum atomic E-state index is 5.10. The number of methoxy groups -OCH3 is 1. The lowest BCUT2D eigenvalue weighted by atomic mass is 10.1. The molecule has 0 N–H and O–H groups in total. The van der Waals surface area contributed by atoms with Crippen LogP contribution in [0.25, 0.3) is 0 Å². The van der Waals surface area contributed by atoms with Crippen molar-refractivity contribution in [1.29, 1.82) is 0 Å². The first-order valence-corrected chi connectivity index (χ1v) is 3.42. The Kier molecular flexibility index (Phi) is 2.32. The Morgan fingerprint density at radius 2 is 2.40 bits per heavy atom. The average Bonchev–Trinajstić information content (AvgIpc) is 2.04. The molecule has 1 radical (unpaired) electrons. The largest absolute Gasteiger partial charge is 0.496 e. The summed E-state index contributed by atoms with van der Waals surface area (Å²) in [5.74, 6) is 0.935. The summed E-state index contributed by atoms with van der Waals surface area (Å²) in [5, 5.41) is 0. The Bertz CT molecular complexity index is 183. The zero-order valence-electron chi connectivity index (χ0n) is 6.35. The van der Waals surface area contributed by atoms with Crippen LogP contribution in [0.2, 0.25) is 0 Å². The van der Waals surface area contributed by atoms with Crippen molar-refractivity contribution in [3.63, 3.8) is 0 Å². The highest BCUT2D eigenvalue weighted by molar-refractivity contribution is 5.31. The van der Waals surface area contributed by atoms with Gasteiger partial charge in [-0.25, -0.2) is 0 Å². The van der Waals surface area contributed by atoms with Gasteiger partial charge in [-0.05, 0) is 18.6 Å². The molecule has 0 aliphatic heterocycles. The number of rotatable bonds is 2. The third-order valence-electron chi connectivity index (χ3n) is 1.47. The van der Waals surface area contributed by atoms with Crippen molar-refractivity contribution < 1.29 is 4.74 Å². The molecule has 0 atom stereocenters. The first-order valence-electron chi connectivity index (χ1n) is 3.42. The summed E-state index contributed by atoms with van der Waals surface area (Å²) in [4.78, 5) is 0. The quantitative estimate of drug-likeness (QED) is 0.603. The van der Waals surface area contributed by atoms with Crippen molar-refractivity contribution in [2.24, 2.45) is 0 Å². The maximum absolute atomic E-state index is 5.10. The molecular weight excluding hydrogens is 124 g/mol. The smallest absolute Gasteiger partial charge is 0.122 e. The standard InChI is InChI=1S/C9H11O/c1-3-8-6-4-5-7-9(8)10-2/h4-5,7H,3H2,1-2H3. The molecular formula is C9H11O. The van der Waals surface area contributed by atoms with Crippen LogP contribution in [0.15, 0.2) is 18.2 Å². The van der Waals surface area contributed by atoms with Crippen LogP contribution >= 0.6 is 0 Å². The van der Waals surface area contributed by atoms with E-state index in [2.05, 4.69) is 13.0 Å². The molecule has 1 aromatic carbocycles. The molecule has 0 aromatic heterocycles. The number of hydrogen-bond donors (Lipinski definition) is 0. The van der Waals surface area contributed by atoms with E-state index < -0.39 is 0 Å². The van der Waals surface area contributed by atoms with Crippen LogP contribution in [0.1, 0.15) is 12.5 Å². The van der Waals surface area contributed by atoms with E-state index in [0.29, 0.717) is 0 Å². The fraction of sp³-hybridized carbons (Fsp3) is 0.333. The Morgan fingerprint density at radius 1 is 1.60 bits per heavy atom. The molecule has 1 nitrogen and oxygen atoms in total. The highest BCUT2D eigenvalue weighted by atomic mass is 16.5. The molecule has 1 rings (SSSR count). The lowest BCUT2D eigenvalue weighted by molar-refractivity contribution is 0.410. The molecule has 1 aromatic rings. The predicted molar refractivity (Wildman–Crippen MR) is 41.2 cm³/mol. The Balaban J connectivity index is 2.96. The molecule has 0 fully saturated rings. The van der Waals surface area contributed by atoms with E-state index in [9.17, 15) is 0 Å². The molecule has 0 bridgehead atoms. The second-order valence-electron chi connectivity index (χ2n) is 2.07. The monoisotopic (exact) mass is 135 g/mol. The number of aryl methyl sites for hydroxylation is 1. The van der Waals surface area contributed by atoms with Crippen molar-refractivity contribution in [3.8, 4) is 5.75 Å². The SMILES string of the molecule is CCc1[c]cccc1OC. The molecule has 0 saturated heterocycles. The fourth-order valence-corrected chi connectivity index (χ4v) is 0.923. The minimum atomic E-state index is 0.935. The highest BCUT2D eigenvalue weighted by Crippen LogP contribution is 2.16. The Labute approximate surface area is 61.6 Å². The third kappa shape index (κ3) is 1.29. The third-order valence-corrected chi connectivity index (χ3v) is 1.47. The number of benzene rings is 1. The summed E-state index contributed by atoms with van der Waals surface area (Å²) < 4.78 is 5.10. The zero-order chi connectivity index (χ0) is 7.40. The topological polar surface area (TPSA) is 9.23 Å². The normalized spacial score (nSPS) is 9.40. The van der Waals surface area contributed by atoms with E-state index >= 15 is 0 Å². The van der Waals surface area contributed by atoms with Gasteiger partial charge in [-0.2, -0.15) is 0 Å². The molecule has 0 unspecified atom stereocenters. The van der Waals surface area contributed by atoms with Crippen molar-refractivity contribution in [2.75, 3.05) is 7.11 Å². The second-order valence-corrected chi connectivity index (χ2v) is 2.07. The van der Waals surface area contributed by atoms with Crippen LogP contribution < -0.4 is 4.74 Å². The molecule has 1 heteroatoms. The van der Waals surface area contributed by atoms with Gasteiger partial charge in [-0.3, -0.25) is 0 Å². The lowest BCUT2D eigenvalue weighted by Crippen LogP contribution is -1.88. The lowest BCUT2D eigenvalue weighted by Gasteiger charge is -2.03. The summed E-state index contributed by atoms with van der Waals surface area (Å²) >= 11 is 0. The van der Waals surface area contributed by atoms with E-state index in [4.69, 9.17) is 4.74 Å². The molecule has 53 valence electrons. The van der Waals surface area contributed by atoms with Gasteiger partial charge in [-0.1, -0.05) is 19.1 Å². The Hall–Kier alpha value is -0.980. The summed E-state index contributed by atoms with van der Waals surface area (Å²) in [5.41, 5.74) is 1.14. The summed E-state index contributed by atoms with van der Waals surface area (Å²) in [6.07, 6.45) is 0.976. The molecule has 10 heavy (non-hydrogen) atoms. The van der Waals surface area contributed by atoms with Gasteiger partial charge in [0.25, 0.3) is 0 Å². The molecule has 0 aliphatic rings. The van der Waals surface area contributed by atoms with Gasteiger partial charge in [0.1, 0.15) is 5.75 Å². The van der Waals surface area contributed by atoms with Crippen molar-refractivity contribution in [1.82, 2.24) is 0 Å². The zero-order valence-corrected chi connectivity index (χ0v) is 6.35. The van der Waals surface area contributed by atoms with Crippen molar-refractivity contribution in [3.05, 3.63) is 29.8 Å². The molecule has 0 saturated carbocycles. The van der Waals surface area contributed by atoms with Crippen molar-refractivity contribution >= 4 is 0 Å². The van der Waals surface area contributed by atoms with Crippen LogP contribution in [-0.4, -0.2) is 7.11 Å². The van der Waals surface area contributed by atoms with E-state index in [0.717, 1.165) is 17.7 Å². The van der Waals surface area contributed by atoms with E-state index in [1.54, 1.807) is 7.11 Å². The first-order chi connectivity index (χ1) is 4.88. The summed E-state index contributed by atoms with van der Waals surface area (Å²) in [6.45, 7) is 2.09. The molecule has 0 aliphatic carbocycles. The molecule has 0 amide bonds. The minimum absolute atomic E-state index is 0.935. The fourth-order valence-electron chi connectivity index (χ4n) is 0.923. The molecule has 0 spiro atoms. The molecule has 0 heterocycles. The van der Waals surface area contributed by atoms with E-state index in [1.807, 2.05) is 18.2 Å².